The Labute approximate surface area is 155 Å². The minimum absolute atomic E-state index is 0.0123. The van der Waals surface area contributed by atoms with Gasteiger partial charge in [0.15, 0.2) is 0 Å². The van der Waals surface area contributed by atoms with Gasteiger partial charge in [0.25, 0.3) is 0 Å². The van der Waals surface area contributed by atoms with Crippen LogP contribution < -0.4 is 5.69 Å². The van der Waals surface area contributed by atoms with Crippen molar-refractivity contribution >= 4 is 0 Å². The molecule has 0 aliphatic carbocycles. The van der Waals surface area contributed by atoms with Gasteiger partial charge in [0.1, 0.15) is 5.82 Å². The molecule has 26 heavy (non-hydrogen) atoms. The molecule has 142 valence electrons. The van der Waals surface area contributed by atoms with E-state index in [1.165, 1.54) is 11.1 Å². The molecule has 0 amide bonds. The number of methoxy groups -OCH3 is 1. The zero-order valence-electron chi connectivity index (χ0n) is 16.1. The van der Waals surface area contributed by atoms with E-state index in [0.29, 0.717) is 25.6 Å². The highest BCUT2D eigenvalue weighted by Crippen LogP contribution is 2.27. The second-order valence-corrected chi connectivity index (χ2v) is 7.14. The molecular formula is C20H30N4O2. The lowest BCUT2D eigenvalue weighted by molar-refractivity contribution is 0.181. The van der Waals surface area contributed by atoms with Crippen LogP contribution in [0.25, 0.3) is 0 Å². The Morgan fingerprint density at radius 1 is 1.27 bits per heavy atom. The van der Waals surface area contributed by atoms with Crippen molar-refractivity contribution in [2.45, 2.75) is 52.2 Å². The van der Waals surface area contributed by atoms with Crippen LogP contribution >= 0.6 is 0 Å². The third-order valence-corrected chi connectivity index (χ3v) is 5.22. The fourth-order valence-corrected chi connectivity index (χ4v) is 3.80. The molecular weight excluding hydrogens is 328 g/mol. The molecule has 3 rings (SSSR count). The summed E-state index contributed by atoms with van der Waals surface area (Å²) in [7, 11) is 1.65. The molecule has 2 heterocycles. The molecule has 0 spiro atoms. The first-order chi connectivity index (χ1) is 12.6. The smallest absolute Gasteiger partial charge is 0.345 e. The summed E-state index contributed by atoms with van der Waals surface area (Å²) in [5, 5.41) is 4.63. The van der Waals surface area contributed by atoms with E-state index < -0.39 is 0 Å². The lowest BCUT2D eigenvalue weighted by Gasteiger charge is -2.31. The van der Waals surface area contributed by atoms with Gasteiger partial charge in [-0.05, 0) is 45.3 Å². The Hall–Kier alpha value is -1.92. The minimum atomic E-state index is -0.0123. The van der Waals surface area contributed by atoms with Crippen LogP contribution in [0, 0.1) is 6.92 Å². The van der Waals surface area contributed by atoms with Crippen molar-refractivity contribution in [2.75, 3.05) is 26.8 Å². The number of piperidine rings is 1. The molecule has 1 saturated heterocycles. The van der Waals surface area contributed by atoms with Crippen LogP contribution in [0.3, 0.4) is 0 Å². The zero-order chi connectivity index (χ0) is 18.5. The summed E-state index contributed by atoms with van der Waals surface area (Å²) in [4.78, 5) is 15.0. The summed E-state index contributed by atoms with van der Waals surface area (Å²) in [6, 6.07) is 8.73. The van der Waals surface area contributed by atoms with Crippen molar-refractivity contribution in [3.05, 3.63) is 51.7 Å². The largest absolute Gasteiger partial charge is 0.383 e. The first-order valence-electron chi connectivity index (χ1n) is 9.56. The highest BCUT2D eigenvalue weighted by molar-refractivity contribution is 5.22. The third kappa shape index (κ3) is 4.24. The van der Waals surface area contributed by atoms with Gasteiger partial charge in [0, 0.05) is 26.1 Å². The molecule has 0 unspecified atom stereocenters. The molecule has 6 nitrogen and oxygen atoms in total. The summed E-state index contributed by atoms with van der Waals surface area (Å²) in [5.41, 5.74) is 2.67. The van der Waals surface area contributed by atoms with Gasteiger partial charge < -0.3 is 4.74 Å². The van der Waals surface area contributed by atoms with Crippen LogP contribution in [0.1, 0.15) is 42.6 Å². The number of likely N-dealkylation sites (tertiary alicyclic amines) is 1. The van der Waals surface area contributed by atoms with E-state index in [1.54, 1.807) is 11.8 Å². The van der Waals surface area contributed by atoms with Crippen LogP contribution in [-0.4, -0.2) is 46.1 Å². The first-order valence-corrected chi connectivity index (χ1v) is 9.56. The quantitative estimate of drug-likeness (QED) is 0.763. The molecule has 1 fully saturated rings. The van der Waals surface area contributed by atoms with Gasteiger partial charge in [0.05, 0.1) is 13.2 Å². The van der Waals surface area contributed by atoms with Crippen LogP contribution in [0.5, 0.6) is 0 Å². The molecule has 6 heteroatoms. The van der Waals surface area contributed by atoms with Gasteiger partial charge in [-0.3, -0.25) is 9.47 Å². The van der Waals surface area contributed by atoms with Crippen molar-refractivity contribution in [2.24, 2.45) is 0 Å². The second-order valence-electron chi connectivity index (χ2n) is 7.14. The van der Waals surface area contributed by atoms with Crippen molar-refractivity contribution in [3.63, 3.8) is 0 Å². The Balaban J connectivity index is 1.65. The Kier molecular flexibility index (Phi) is 6.27. The van der Waals surface area contributed by atoms with E-state index in [0.717, 1.165) is 38.3 Å². The maximum absolute atomic E-state index is 12.5. The monoisotopic (exact) mass is 358 g/mol. The third-order valence-electron chi connectivity index (χ3n) is 5.22. The van der Waals surface area contributed by atoms with Gasteiger partial charge in [0.2, 0.25) is 0 Å². The minimum Gasteiger partial charge on any atom is -0.383 e. The Morgan fingerprint density at radius 2 is 2.04 bits per heavy atom. The van der Waals surface area contributed by atoms with Crippen LogP contribution in [0.2, 0.25) is 0 Å². The fourth-order valence-electron chi connectivity index (χ4n) is 3.80. The van der Waals surface area contributed by atoms with E-state index in [-0.39, 0.29) is 5.69 Å². The van der Waals surface area contributed by atoms with E-state index in [9.17, 15) is 4.79 Å². The molecule has 0 saturated carbocycles. The van der Waals surface area contributed by atoms with Crippen LogP contribution in [0.15, 0.2) is 29.1 Å². The number of aryl methyl sites for hydroxylation is 1. The lowest BCUT2D eigenvalue weighted by atomic mass is 9.95. The molecule has 1 aliphatic rings. The Bertz CT molecular complexity index is 772. The van der Waals surface area contributed by atoms with Crippen molar-refractivity contribution in [1.29, 1.82) is 0 Å². The van der Waals surface area contributed by atoms with Crippen molar-refractivity contribution < 1.29 is 4.74 Å². The predicted molar refractivity (Wildman–Crippen MR) is 102 cm³/mol. The number of nitrogens with zero attached hydrogens (tertiary/aromatic N) is 4. The summed E-state index contributed by atoms with van der Waals surface area (Å²) >= 11 is 0. The maximum atomic E-state index is 12.5. The number of hydrogen-bond acceptors (Lipinski definition) is 4. The second kappa shape index (κ2) is 8.64. The van der Waals surface area contributed by atoms with Crippen molar-refractivity contribution in [1.82, 2.24) is 19.2 Å². The SMILES string of the molecule is CCn1c(C2CCN(Cc3cccc(C)c3)CC2)nn(CCOC)c1=O. The number of hydrogen-bond donors (Lipinski definition) is 0. The fraction of sp³-hybridized carbons (Fsp3) is 0.600. The van der Waals surface area contributed by atoms with Gasteiger partial charge in [-0.15, -0.1) is 0 Å². The number of benzene rings is 1. The Morgan fingerprint density at radius 3 is 2.69 bits per heavy atom. The molecule has 1 aromatic carbocycles. The number of ether oxygens (including phenoxy) is 1. The number of rotatable bonds is 7. The molecule has 0 bridgehead atoms. The topological polar surface area (TPSA) is 52.3 Å². The highest BCUT2D eigenvalue weighted by atomic mass is 16.5. The van der Waals surface area contributed by atoms with E-state index in [1.807, 2.05) is 11.5 Å². The van der Waals surface area contributed by atoms with Crippen LogP contribution in [0.4, 0.5) is 0 Å². The van der Waals surface area contributed by atoms with Gasteiger partial charge in [-0.25, -0.2) is 9.48 Å². The number of aromatic nitrogens is 3. The van der Waals surface area contributed by atoms with Crippen molar-refractivity contribution in [3.8, 4) is 0 Å². The lowest BCUT2D eigenvalue weighted by Crippen LogP contribution is -2.33. The first kappa shape index (κ1) is 18.9. The summed E-state index contributed by atoms with van der Waals surface area (Å²) in [6.07, 6.45) is 2.10. The maximum Gasteiger partial charge on any atom is 0.345 e. The molecule has 2 aromatic rings. The standard InChI is InChI=1S/C20H30N4O2/c1-4-23-19(21-24(20(23)25)12-13-26-3)18-8-10-22(11-9-18)15-17-7-5-6-16(2)14-17/h5-7,14,18H,4,8-13,15H2,1-3H3. The van der Waals surface area contributed by atoms with E-state index in [4.69, 9.17) is 4.74 Å². The molecule has 1 aliphatic heterocycles. The van der Waals surface area contributed by atoms with Gasteiger partial charge in [-0.2, -0.15) is 5.10 Å². The molecule has 1 aromatic heterocycles. The summed E-state index contributed by atoms with van der Waals surface area (Å²) < 4.78 is 8.48. The van der Waals surface area contributed by atoms with Gasteiger partial charge in [-0.1, -0.05) is 29.8 Å². The molecule has 0 N–H and O–H groups in total. The van der Waals surface area contributed by atoms with Crippen LogP contribution in [-0.2, 0) is 24.4 Å². The predicted octanol–water partition coefficient (Wildman–Crippen LogP) is 2.40. The highest BCUT2D eigenvalue weighted by Gasteiger charge is 2.26. The van der Waals surface area contributed by atoms with Gasteiger partial charge >= 0.3 is 5.69 Å². The average molecular weight is 358 g/mol. The molecule has 0 atom stereocenters. The summed E-state index contributed by atoms with van der Waals surface area (Å²) in [6.45, 7) is 8.93. The van der Waals surface area contributed by atoms with E-state index >= 15 is 0 Å². The summed E-state index contributed by atoms with van der Waals surface area (Å²) in [5.74, 6) is 1.31. The normalized spacial score (nSPS) is 16.3. The zero-order valence-corrected chi connectivity index (χ0v) is 16.1. The van der Waals surface area contributed by atoms with E-state index in [2.05, 4.69) is 41.2 Å². The average Bonchev–Trinajstić information content (AvgIpc) is 2.96. The molecule has 0 radical (unpaired) electrons.